The molecule has 10 nitrogen and oxygen atoms in total. The van der Waals surface area contributed by atoms with Gasteiger partial charge in [0.05, 0.1) is 6.61 Å². The summed E-state index contributed by atoms with van der Waals surface area (Å²) in [4.78, 5) is 14.4. The minimum atomic E-state index is -1.32. The fourth-order valence-electron chi connectivity index (χ4n) is 2.22. The van der Waals surface area contributed by atoms with Crippen molar-refractivity contribution in [2.24, 2.45) is 0 Å². The maximum Gasteiger partial charge on any atom is 0.213 e. The lowest BCUT2D eigenvalue weighted by Crippen LogP contribution is -2.33. The number of fused-ring (bicyclic) bond motifs is 1. The Morgan fingerprint density at radius 3 is 2.85 bits per heavy atom. The van der Waals surface area contributed by atoms with Gasteiger partial charge >= 0.3 is 0 Å². The van der Waals surface area contributed by atoms with Gasteiger partial charge in [-0.15, -0.1) is 5.10 Å². The van der Waals surface area contributed by atoms with Gasteiger partial charge in [0, 0.05) is 6.07 Å². The van der Waals surface area contributed by atoms with Gasteiger partial charge in [-0.3, -0.25) is 4.79 Å². The lowest BCUT2D eigenvalue weighted by molar-refractivity contribution is -0.0574. The van der Waals surface area contributed by atoms with Gasteiger partial charge in [0.1, 0.15) is 24.1 Å². The number of nitrogens with one attached hydrogen (secondary N) is 1. The van der Waals surface area contributed by atoms with Crippen molar-refractivity contribution < 1.29 is 20.1 Å². The summed E-state index contributed by atoms with van der Waals surface area (Å²) in [5.74, 6) is 0.109. The third-order valence-electron chi connectivity index (χ3n) is 3.24. The molecule has 1 fully saturated rings. The van der Waals surface area contributed by atoms with Crippen molar-refractivity contribution in [3.05, 3.63) is 16.3 Å². The van der Waals surface area contributed by atoms with Crippen LogP contribution >= 0.6 is 0 Å². The fraction of sp³-hybridized carbons (Fsp3) is 0.500. The minimum absolute atomic E-state index is 0.0388. The van der Waals surface area contributed by atoms with Crippen LogP contribution in [0.1, 0.15) is 6.23 Å². The van der Waals surface area contributed by atoms with Crippen LogP contribution in [-0.4, -0.2) is 60.2 Å². The number of nitrogens with zero attached hydrogens (tertiary/aromatic N) is 3. The Labute approximate surface area is 111 Å². The number of rotatable bonds is 2. The average Bonchev–Trinajstić information content (AvgIpc) is 2.93. The molecule has 2 aromatic heterocycles. The van der Waals surface area contributed by atoms with E-state index >= 15 is 0 Å². The summed E-state index contributed by atoms with van der Waals surface area (Å²) in [6.07, 6.45) is -4.61. The van der Waals surface area contributed by atoms with Gasteiger partial charge in [-0.2, -0.15) is 4.68 Å². The van der Waals surface area contributed by atoms with Crippen LogP contribution in [0.2, 0.25) is 0 Å². The molecule has 2 aromatic rings. The summed E-state index contributed by atoms with van der Waals surface area (Å²) in [7, 11) is 0. The SMILES string of the molecule is Nc1cc(=O)c2nnn(C3OC(CO)C(O)C3O)c2[nH]1. The van der Waals surface area contributed by atoms with Gasteiger partial charge in [-0.05, 0) is 0 Å². The second-order valence-corrected chi connectivity index (χ2v) is 4.55. The largest absolute Gasteiger partial charge is 0.394 e. The van der Waals surface area contributed by atoms with Gasteiger partial charge in [-0.25, -0.2) is 0 Å². The summed E-state index contributed by atoms with van der Waals surface area (Å²) < 4.78 is 6.44. The Bertz CT molecular complexity index is 697. The standard InChI is InChI=1S/C10H13N5O5/c11-5-1-3(17)6-9(12-5)15(14-13-6)10-8(19)7(18)4(2-16)20-10/h1,4,7-8,10,16,18-19H,2H2,(H3,11,12,17). The molecule has 4 atom stereocenters. The highest BCUT2D eigenvalue weighted by atomic mass is 16.6. The van der Waals surface area contributed by atoms with Crippen molar-refractivity contribution in [2.75, 3.05) is 12.3 Å². The number of aromatic amines is 1. The highest BCUT2D eigenvalue weighted by Crippen LogP contribution is 2.29. The zero-order chi connectivity index (χ0) is 14.4. The van der Waals surface area contributed by atoms with E-state index in [-0.39, 0.29) is 17.0 Å². The first-order chi connectivity index (χ1) is 9.52. The summed E-state index contributed by atoms with van der Waals surface area (Å²) >= 11 is 0. The predicted octanol–water partition coefficient (Wildman–Crippen LogP) is -2.69. The summed E-state index contributed by atoms with van der Waals surface area (Å²) in [5, 5.41) is 36.1. The molecule has 0 bridgehead atoms. The number of ether oxygens (including phenoxy) is 1. The Morgan fingerprint density at radius 2 is 2.20 bits per heavy atom. The third-order valence-corrected chi connectivity index (χ3v) is 3.24. The molecule has 1 aliphatic rings. The molecule has 10 heteroatoms. The third kappa shape index (κ3) is 1.78. The maximum absolute atomic E-state index is 11.7. The van der Waals surface area contributed by atoms with Crippen LogP contribution in [0.5, 0.6) is 0 Å². The molecule has 3 heterocycles. The lowest BCUT2D eigenvalue weighted by atomic mass is 10.1. The van der Waals surface area contributed by atoms with Gasteiger partial charge in [0.25, 0.3) is 0 Å². The number of aliphatic hydroxyl groups excluding tert-OH is 3. The lowest BCUT2D eigenvalue weighted by Gasteiger charge is -2.14. The maximum atomic E-state index is 11.7. The smallest absolute Gasteiger partial charge is 0.213 e. The summed E-state index contributed by atoms with van der Waals surface area (Å²) in [5.41, 5.74) is 5.34. The minimum Gasteiger partial charge on any atom is -0.394 e. The van der Waals surface area contributed by atoms with Gasteiger partial charge < -0.3 is 30.8 Å². The summed E-state index contributed by atoms with van der Waals surface area (Å²) in [6.45, 7) is -0.458. The molecule has 6 N–H and O–H groups in total. The van der Waals surface area contributed by atoms with Crippen molar-refractivity contribution >= 4 is 17.0 Å². The number of nitrogen functional groups attached to an aromatic ring is 1. The van der Waals surface area contributed by atoms with Crippen LogP contribution in [0.3, 0.4) is 0 Å². The highest BCUT2D eigenvalue weighted by Gasteiger charge is 2.44. The van der Waals surface area contributed by atoms with Crippen LogP contribution in [0.4, 0.5) is 5.82 Å². The van der Waals surface area contributed by atoms with E-state index in [1.807, 2.05) is 0 Å². The number of aromatic nitrogens is 4. The zero-order valence-corrected chi connectivity index (χ0v) is 10.2. The number of aliphatic hydroxyl groups is 3. The molecule has 0 amide bonds. The van der Waals surface area contributed by atoms with E-state index in [2.05, 4.69) is 15.3 Å². The molecular formula is C10H13N5O5. The Kier molecular flexibility index (Phi) is 2.94. The number of pyridine rings is 1. The average molecular weight is 283 g/mol. The molecule has 20 heavy (non-hydrogen) atoms. The van der Waals surface area contributed by atoms with Crippen LogP contribution in [0, 0.1) is 0 Å². The summed E-state index contributed by atoms with van der Waals surface area (Å²) in [6, 6.07) is 1.17. The molecule has 0 spiro atoms. The van der Waals surface area contributed by atoms with E-state index in [0.29, 0.717) is 0 Å². The molecule has 3 rings (SSSR count). The van der Waals surface area contributed by atoms with Crippen LogP contribution in [0.15, 0.2) is 10.9 Å². The van der Waals surface area contributed by atoms with Crippen molar-refractivity contribution in [2.45, 2.75) is 24.5 Å². The number of hydrogen-bond donors (Lipinski definition) is 5. The van der Waals surface area contributed by atoms with Crippen molar-refractivity contribution in [1.82, 2.24) is 20.0 Å². The van der Waals surface area contributed by atoms with Gasteiger partial charge in [0.2, 0.25) is 5.43 Å². The second kappa shape index (κ2) is 4.52. The molecule has 0 aliphatic carbocycles. The first kappa shape index (κ1) is 13.0. The predicted molar refractivity (Wildman–Crippen MR) is 65.6 cm³/mol. The van der Waals surface area contributed by atoms with E-state index in [1.165, 1.54) is 6.07 Å². The molecule has 1 aliphatic heterocycles. The first-order valence-corrected chi connectivity index (χ1v) is 5.89. The normalized spacial score (nSPS) is 30.1. The van der Waals surface area contributed by atoms with Crippen LogP contribution in [-0.2, 0) is 4.74 Å². The Hall–Kier alpha value is -2.01. The quantitative estimate of drug-likeness (QED) is 0.398. The fourth-order valence-corrected chi connectivity index (χ4v) is 2.22. The Balaban J connectivity index is 2.09. The molecule has 108 valence electrons. The second-order valence-electron chi connectivity index (χ2n) is 4.55. The van der Waals surface area contributed by atoms with E-state index in [4.69, 9.17) is 15.6 Å². The number of anilines is 1. The van der Waals surface area contributed by atoms with E-state index in [0.717, 1.165) is 4.68 Å². The van der Waals surface area contributed by atoms with E-state index in [1.54, 1.807) is 0 Å². The molecule has 1 saturated heterocycles. The van der Waals surface area contributed by atoms with Crippen molar-refractivity contribution in [3.8, 4) is 0 Å². The molecule has 0 aromatic carbocycles. The Morgan fingerprint density at radius 1 is 1.45 bits per heavy atom. The number of hydrogen-bond acceptors (Lipinski definition) is 8. The monoisotopic (exact) mass is 283 g/mol. The molecular weight excluding hydrogens is 270 g/mol. The van der Waals surface area contributed by atoms with Crippen molar-refractivity contribution in [1.29, 1.82) is 0 Å². The first-order valence-electron chi connectivity index (χ1n) is 5.89. The molecule has 0 saturated carbocycles. The molecule has 4 unspecified atom stereocenters. The topological polar surface area (TPSA) is 160 Å². The zero-order valence-electron chi connectivity index (χ0n) is 10.2. The van der Waals surface area contributed by atoms with E-state index < -0.39 is 36.6 Å². The van der Waals surface area contributed by atoms with Gasteiger partial charge in [0.15, 0.2) is 17.4 Å². The number of H-pyrrole nitrogens is 1. The highest BCUT2D eigenvalue weighted by molar-refractivity contribution is 5.71. The van der Waals surface area contributed by atoms with Crippen molar-refractivity contribution in [3.63, 3.8) is 0 Å². The molecule has 0 radical (unpaired) electrons. The number of nitrogens with two attached hydrogens (primary N) is 1. The van der Waals surface area contributed by atoms with Crippen LogP contribution < -0.4 is 11.2 Å². The van der Waals surface area contributed by atoms with E-state index in [9.17, 15) is 15.0 Å². The van der Waals surface area contributed by atoms with Gasteiger partial charge in [-0.1, -0.05) is 5.21 Å². The van der Waals surface area contributed by atoms with Crippen LogP contribution in [0.25, 0.3) is 11.2 Å².